The van der Waals surface area contributed by atoms with Gasteiger partial charge in [-0.3, -0.25) is 0 Å². The molecule has 13 heavy (non-hydrogen) atoms. The molecule has 0 saturated heterocycles. The van der Waals surface area contributed by atoms with Crippen molar-refractivity contribution in [1.29, 1.82) is 0 Å². The molecule has 0 aliphatic carbocycles. The van der Waals surface area contributed by atoms with Gasteiger partial charge in [-0.25, -0.2) is 4.39 Å². The van der Waals surface area contributed by atoms with Crippen molar-refractivity contribution < 1.29 is 4.39 Å². The highest BCUT2D eigenvalue weighted by atomic mass is 35.5. The van der Waals surface area contributed by atoms with Crippen molar-refractivity contribution in [2.24, 2.45) is 0 Å². The van der Waals surface area contributed by atoms with E-state index in [0.717, 1.165) is 24.1 Å². The number of benzene rings is 1. The van der Waals surface area contributed by atoms with Crippen molar-refractivity contribution in [3.63, 3.8) is 0 Å². The molecule has 0 saturated carbocycles. The van der Waals surface area contributed by atoms with Crippen LogP contribution in [0.5, 0.6) is 0 Å². The molecule has 2 rings (SSSR count). The molecule has 1 aromatic rings. The van der Waals surface area contributed by atoms with E-state index < -0.39 is 0 Å². The molecule has 0 N–H and O–H groups in total. The number of nitrogens with zero attached hydrogens (tertiary/aromatic N) is 1. The average molecular weight is 200 g/mol. The summed E-state index contributed by atoms with van der Waals surface area (Å²) < 4.78 is 13.4. The number of halogens is 2. The Morgan fingerprint density at radius 1 is 1.46 bits per heavy atom. The minimum atomic E-state index is -0.172. The van der Waals surface area contributed by atoms with Crippen molar-refractivity contribution in [2.75, 3.05) is 13.6 Å². The summed E-state index contributed by atoms with van der Waals surface area (Å²) in [5.41, 5.74) is 1.86. The van der Waals surface area contributed by atoms with Crippen molar-refractivity contribution in [2.45, 2.75) is 13.0 Å². The fourth-order valence-electron chi connectivity index (χ4n) is 1.72. The lowest BCUT2D eigenvalue weighted by Gasteiger charge is -2.25. The van der Waals surface area contributed by atoms with Gasteiger partial charge in [-0.1, -0.05) is 11.6 Å². The highest BCUT2D eigenvalue weighted by molar-refractivity contribution is 6.30. The minimum absolute atomic E-state index is 0.172. The molecule has 3 heteroatoms. The summed E-state index contributed by atoms with van der Waals surface area (Å²) in [7, 11) is 2.00. The second kappa shape index (κ2) is 3.28. The molecule has 1 aromatic carbocycles. The molecule has 0 unspecified atom stereocenters. The zero-order valence-electron chi connectivity index (χ0n) is 7.48. The Morgan fingerprint density at radius 2 is 2.23 bits per heavy atom. The number of rotatable bonds is 0. The third-order valence-electron chi connectivity index (χ3n) is 2.44. The smallest absolute Gasteiger partial charge is 0.129 e. The van der Waals surface area contributed by atoms with Gasteiger partial charge in [0.15, 0.2) is 0 Å². The van der Waals surface area contributed by atoms with Crippen LogP contribution in [0.3, 0.4) is 0 Å². The summed E-state index contributed by atoms with van der Waals surface area (Å²) in [6, 6.07) is 3.26. The van der Waals surface area contributed by atoms with Gasteiger partial charge in [-0.15, -0.1) is 0 Å². The van der Waals surface area contributed by atoms with Gasteiger partial charge in [0.1, 0.15) is 5.82 Å². The quantitative estimate of drug-likeness (QED) is 0.621. The second-order valence-electron chi connectivity index (χ2n) is 3.51. The van der Waals surface area contributed by atoms with E-state index in [4.69, 9.17) is 11.6 Å². The lowest BCUT2D eigenvalue weighted by atomic mass is 10.00. The van der Waals surface area contributed by atoms with Crippen molar-refractivity contribution in [3.8, 4) is 0 Å². The van der Waals surface area contributed by atoms with Gasteiger partial charge in [-0.2, -0.15) is 0 Å². The Bertz CT molecular complexity index is 338. The van der Waals surface area contributed by atoms with E-state index in [9.17, 15) is 4.39 Å². The molecule has 1 aliphatic heterocycles. The van der Waals surface area contributed by atoms with Gasteiger partial charge in [-0.05, 0) is 31.2 Å². The first kappa shape index (κ1) is 8.97. The van der Waals surface area contributed by atoms with Gasteiger partial charge in [0.05, 0.1) is 0 Å². The molecular formula is C10H11ClFN. The van der Waals surface area contributed by atoms with E-state index in [1.807, 2.05) is 13.1 Å². The molecule has 0 spiro atoms. The molecule has 0 amide bonds. The predicted octanol–water partition coefficient (Wildman–Crippen LogP) is 2.47. The maximum atomic E-state index is 13.4. The Kier molecular flexibility index (Phi) is 2.26. The van der Waals surface area contributed by atoms with Gasteiger partial charge < -0.3 is 4.90 Å². The maximum Gasteiger partial charge on any atom is 0.129 e. The molecule has 0 radical (unpaired) electrons. The number of hydrogen-bond donors (Lipinski definition) is 0. The van der Waals surface area contributed by atoms with Crippen LogP contribution in [-0.4, -0.2) is 18.5 Å². The molecule has 0 aromatic heterocycles. The van der Waals surface area contributed by atoms with Crippen LogP contribution in [0.1, 0.15) is 11.1 Å². The molecule has 0 bridgehead atoms. The summed E-state index contributed by atoms with van der Waals surface area (Å²) in [5, 5.41) is 0.501. The molecule has 0 fully saturated rings. The first-order valence-electron chi connectivity index (χ1n) is 4.32. The van der Waals surface area contributed by atoms with Crippen LogP contribution < -0.4 is 0 Å². The number of hydrogen-bond acceptors (Lipinski definition) is 1. The molecule has 70 valence electrons. The second-order valence-corrected chi connectivity index (χ2v) is 3.95. The van der Waals surface area contributed by atoms with E-state index in [2.05, 4.69) is 4.90 Å². The van der Waals surface area contributed by atoms with E-state index in [0.29, 0.717) is 11.6 Å². The predicted molar refractivity (Wildman–Crippen MR) is 51.4 cm³/mol. The SMILES string of the molecule is CN1CCc2cc(Cl)cc(F)c2C1. The van der Waals surface area contributed by atoms with Gasteiger partial charge in [0.25, 0.3) is 0 Å². The molecule has 0 atom stereocenters. The monoisotopic (exact) mass is 199 g/mol. The van der Waals surface area contributed by atoms with Gasteiger partial charge in [0.2, 0.25) is 0 Å². The van der Waals surface area contributed by atoms with Crippen LogP contribution in [-0.2, 0) is 13.0 Å². The summed E-state index contributed by atoms with van der Waals surface area (Å²) in [4.78, 5) is 2.11. The summed E-state index contributed by atoms with van der Waals surface area (Å²) >= 11 is 5.76. The van der Waals surface area contributed by atoms with Crippen LogP contribution >= 0.6 is 11.6 Å². The van der Waals surface area contributed by atoms with Crippen LogP contribution in [0.2, 0.25) is 5.02 Å². The molecule has 1 aliphatic rings. The number of likely N-dealkylation sites (N-methyl/N-ethyl adjacent to an activating group) is 1. The summed E-state index contributed by atoms with van der Waals surface area (Å²) in [6.45, 7) is 1.67. The Morgan fingerprint density at radius 3 is 3.00 bits per heavy atom. The fourth-order valence-corrected chi connectivity index (χ4v) is 1.94. The van der Waals surface area contributed by atoms with Crippen molar-refractivity contribution >= 4 is 11.6 Å². The summed E-state index contributed by atoms with van der Waals surface area (Å²) in [6.07, 6.45) is 0.892. The standard InChI is InChI=1S/C10H11ClFN/c1-13-3-2-7-4-8(11)5-10(12)9(7)6-13/h4-5H,2-3,6H2,1H3. The first-order chi connectivity index (χ1) is 6.16. The third kappa shape index (κ3) is 1.69. The lowest BCUT2D eigenvalue weighted by molar-refractivity contribution is 0.306. The van der Waals surface area contributed by atoms with Crippen LogP contribution in [0.25, 0.3) is 0 Å². The van der Waals surface area contributed by atoms with E-state index >= 15 is 0 Å². The van der Waals surface area contributed by atoms with Gasteiger partial charge >= 0.3 is 0 Å². The van der Waals surface area contributed by atoms with E-state index in [1.54, 1.807) is 0 Å². The average Bonchev–Trinajstić information content (AvgIpc) is 2.06. The fraction of sp³-hybridized carbons (Fsp3) is 0.400. The Labute approximate surface area is 82.1 Å². The van der Waals surface area contributed by atoms with E-state index in [1.165, 1.54) is 6.07 Å². The lowest BCUT2D eigenvalue weighted by Crippen LogP contribution is -2.27. The van der Waals surface area contributed by atoms with Crippen LogP contribution in [0.15, 0.2) is 12.1 Å². The van der Waals surface area contributed by atoms with E-state index in [-0.39, 0.29) is 5.82 Å². The summed E-state index contributed by atoms with van der Waals surface area (Å²) in [5.74, 6) is -0.172. The third-order valence-corrected chi connectivity index (χ3v) is 2.66. The van der Waals surface area contributed by atoms with Crippen LogP contribution in [0.4, 0.5) is 4.39 Å². The highest BCUT2D eigenvalue weighted by Gasteiger charge is 2.17. The van der Waals surface area contributed by atoms with Crippen molar-refractivity contribution in [1.82, 2.24) is 4.90 Å². The largest absolute Gasteiger partial charge is 0.302 e. The van der Waals surface area contributed by atoms with Crippen molar-refractivity contribution in [3.05, 3.63) is 34.1 Å². The topological polar surface area (TPSA) is 3.24 Å². The zero-order chi connectivity index (χ0) is 9.42. The minimum Gasteiger partial charge on any atom is -0.302 e. The molecular weight excluding hydrogens is 189 g/mol. The maximum absolute atomic E-state index is 13.4. The molecule has 1 nitrogen and oxygen atoms in total. The van der Waals surface area contributed by atoms with Crippen LogP contribution in [0, 0.1) is 5.82 Å². The molecule has 1 heterocycles. The number of fused-ring (bicyclic) bond motifs is 1. The zero-order valence-corrected chi connectivity index (χ0v) is 8.24. The first-order valence-corrected chi connectivity index (χ1v) is 4.70. The van der Waals surface area contributed by atoms with Gasteiger partial charge in [0, 0.05) is 23.7 Å². The Hall–Kier alpha value is -0.600. The highest BCUT2D eigenvalue weighted by Crippen LogP contribution is 2.24. The Balaban J connectivity index is 2.47. The normalized spacial score (nSPS) is 17.2.